The molecule has 1 N–H and O–H groups in total. The van der Waals surface area contributed by atoms with E-state index in [1.165, 1.54) is 16.8 Å². The molecular weight excluding hydrogens is 306 g/mol. The second kappa shape index (κ2) is 7.29. The van der Waals surface area contributed by atoms with E-state index < -0.39 is 0 Å². The first-order chi connectivity index (χ1) is 11.6. The van der Waals surface area contributed by atoms with Gasteiger partial charge in [0.25, 0.3) is 11.5 Å². The van der Waals surface area contributed by atoms with Crippen LogP contribution in [0.25, 0.3) is 0 Å². The topological polar surface area (TPSA) is 73.2 Å². The van der Waals surface area contributed by atoms with Crippen LogP contribution in [0, 0.1) is 5.92 Å². The molecule has 6 heteroatoms. The smallest absolute Gasteiger partial charge is 0.271 e. The van der Waals surface area contributed by atoms with E-state index in [1.54, 1.807) is 0 Å². The summed E-state index contributed by atoms with van der Waals surface area (Å²) in [6, 6.07) is 12.3. The summed E-state index contributed by atoms with van der Waals surface area (Å²) in [4.78, 5) is 24.1. The number of aromatic nitrogens is 2. The molecular formula is C18H21N3O3. The van der Waals surface area contributed by atoms with Gasteiger partial charge in [0.05, 0.1) is 6.54 Å². The Hall–Kier alpha value is -2.63. The molecule has 3 rings (SSSR count). The van der Waals surface area contributed by atoms with E-state index in [0.29, 0.717) is 12.5 Å². The van der Waals surface area contributed by atoms with Gasteiger partial charge in [-0.25, -0.2) is 4.68 Å². The minimum absolute atomic E-state index is 0.140. The Kier molecular flexibility index (Phi) is 4.93. The monoisotopic (exact) mass is 327 g/mol. The Morgan fingerprint density at radius 3 is 2.75 bits per heavy atom. The zero-order valence-corrected chi connectivity index (χ0v) is 13.6. The van der Waals surface area contributed by atoms with Gasteiger partial charge in [-0.2, -0.15) is 5.10 Å². The Morgan fingerprint density at radius 2 is 2.04 bits per heavy atom. The highest BCUT2D eigenvalue weighted by Crippen LogP contribution is 2.32. The summed E-state index contributed by atoms with van der Waals surface area (Å²) in [5.74, 6) is 1.06. The first-order valence-corrected chi connectivity index (χ1v) is 8.20. The lowest BCUT2D eigenvalue weighted by atomic mass is 10.2. The van der Waals surface area contributed by atoms with Crippen LogP contribution < -0.4 is 15.6 Å². The number of hydrogen-bond donors (Lipinski definition) is 1. The molecule has 0 unspecified atom stereocenters. The van der Waals surface area contributed by atoms with E-state index >= 15 is 0 Å². The highest BCUT2D eigenvalue weighted by molar-refractivity contribution is 5.92. The van der Waals surface area contributed by atoms with E-state index in [0.717, 1.165) is 18.6 Å². The molecule has 1 saturated carbocycles. The second-order valence-electron chi connectivity index (χ2n) is 6.04. The van der Waals surface area contributed by atoms with Crippen molar-refractivity contribution in [3.8, 4) is 5.75 Å². The molecule has 1 aromatic carbocycles. The van der Waals surface area contributed by atoms with Crippen LogP contribution in [0.5, 0.6) is 5.75 Å². The SMILES string of the molecule is C[C@H](NC(=O)c1ccc(=O)n(CCOc2ccccc2)n1)C1CC1. The zero-order valence-electron chi connectivity index (χ0n) is 13.6. The standard InChI is InChI=1S/C18H21N3O3/c1-13(14-7-8-14)19-18(23)16-9-10-17(22)21(20-16)11-12-24-15-5-3-2-4-6-15/h2-6,9-10,13-14H,7-8,11-12H2,1H3,(H,19,23)/t13-/m0/s1. The Bertz CT molecular complexity index is 754. The van der Waals surface area contributed by atoms with Crippen molar-refractivity contribution in [1.29, 1.82) is 0 Å². The van der Waals surface area contributed by atoms with Gasteiger partial charge in [0.1, 0.15) is 18.1 Å². The van der Waals surface area contributed by atoms with Crippen molar-refractivity contribution in [2.24, 2.45) is 5.92 Å². The number of benzene rings is 1. The van der Waals surface area contributed by atoms with Crippen LogP contribution in [0.15, 0.2) is 47.3 Å². The average Bonchev–Trinajstić information content (AvgIpc) is 3.42. The normalized spacial score (nSPS) is 14.9. The van der Waals surface area contributed by atoms with Crippen LogP contribution >= 0.6 is 0 Å². The minimum Gasteiger partial charge on any atom is -0.492 e. The number of para-hydroxylation sites is 1. The van der Waals surface area contributed by atoms with Crippen molar-refractivity contribution in [3.63, 3.8) is 0 Å². The lowest BCUT2D eigenvalue weighted by molar-refractivity contribution is 0.0927. The number of hydrogen-bond acceptors (Lipinski definition) is 4. The lowest BCUT2D eigenvalue weighted by Gasteiger charge is -2.13. The van der Waals surface area contributed by atoms with E-state index in [1.807, 2.05) is 37.3 Å². The lowest BCUT2D eigenvalue weighted by Crippen LogP contribution is -2.36. The highest BCUT2D eigenvalue weighted by Gasteiger charge is 2.29. The fourth-order valence-electron chi connectivity index (χ4n) is 2.49. The van der Waals surface area contributed by atoms with Crippen LogP contribution in [0.1, 0.15) is 30.3 Å². The van der Waals surface area contributed by atoms with Crippen molar-refractivity contribution >= 4 is 5.91 Å². The van der Waals surface area contributed by atoms with Crippen LogP contribution in [-0.4, -0.2) is 28.3 Å². The van der Waals surface area contributed by atoms with Gasteiger partial charge in [-0.1, -0.05) is 18.2 Å². The van der Waals surface area contributed by atoms with E-state index in [4.69, 9.17) is 4.74 Å². The molecule has 0 radical (unpaired) electrons. The van der Waals surface area contributed by atoms with Gasteiger partial charge in [0, 0.05) is 12.1 Å². The van der Waals surface area contributed by atoms with Gasteiger partial charge >= 0.3 is 0 Å². The minimum atomic E-state index is -0.251. The molecule has 1 aliphatic rings. The molecule has 2 aromatic rings. The van der Waals surface area contributed by atoms with Gasteiger partial charge < -0.3 is 10.1 Å². The van der Waals surface area contributed by atoms with Gasteiger partial charge in [-0.05, 0) is 43.9 Å². The number of nitrogens with one attached hydrogen (secondary N) is 1. The third-order valence-electron chi connectivity index (χ3n) is 4.10. The summed E-state index contributed by atoms with van der Waals surface area (Å²) < 4.78 is 6.83. The molecule has 1 aromatic heterocycles. The molecule has 6 nitrogen and oxygen atoms in total. The summed E-state index contributed by atoms with van der Waals surface area (Å²) in [6.07, 6.45) is 2.32. The molecule has 0 saturated heterocycles. The molecule has 1 amide bonds. The van der Waals surface area contributed by atoms with Crippen molar-refractivity contribution in [2.45, 2.75) is 32.4 Å². The number of rotatable bonds is 7. The van der Waals surface area contributed by atoms with Gasteiger partial charge in [-0.15, -0.1) is 0 Å². The summed E-state index contributed by atoms with van der Waals surface area (Å²) in [5, 5.41) is 7.09. The number of carbonyl (C=O) groups excluding carboxylic acids is 1. The average molecular weight is 327 g/mol. The zero-order chi connectivity index (χ0) is 16.9. The predicted molar refractivity (Wildman–Crippen MR) is 90.1 cm³/mol. The quantitative estimate of drug-likeness (QED) is 0.842. The Morgan fingerprint density at radius 1 is 1.29 bits per heavy atom. The van der Waals surface area contributed by atoms with Crippen molar-refractivity contribution in [2.75, 3.05) is 6.61 Å². The molecule has 0 bridgehead atoms. The molecule has 24 heavy (non-hydrogen) atoms. The number of amides is 1. The van der Waals surface area contributed by atoms with Crippen LogP contribution in [0.2, 0.25) is 0 Å². The van der Waals surface area contributed by atoms with Crippen molar-refractivity contribution < 1.29 is 9.53 Å². The first kappa shape index (κ1) is 16.2. The van der Waals surface area contributed by atoms with Crippen LogP contribution in [0.4, 0.5) is 0 Å². The Labute approximate surface area is 140 Å². The largest absolute Gasteiger partial charge is 0.492 e. The predicted octanol–water partition coefficient (Wildman–Crippen LogP) is 1.85. The van der Waals surface area contributed by atoms with Crippen molar-refractivity contribution in [1.82, 2.24) is 15.1 Å². The van der Waals surface area contributed by atoms with Crippen LogP contribution in [0.3, 0.4) is 0 Å². The molecule has 1 atom stereocenters. The third-order valence-corrected chi connectivity index (χ3v) is 4.10. The maximum absolute atomic E-state index is 12.2. The molecule has 1 heterocycles. The molecule has 0 aliphatic heterocycles. The van der Waals surface area contributed by atoms with Crippen molar-refractivity contribution in [3.05, 3.63) is 58.5 Å². The van der Waals surface area contributed by atoms with Gasteiger partial charge in [0.2, 0.25) is 0 Å². The highest BCUT2D eigenvalue weighted by atomic mass is 16.5. The van der Waals surface area contributed by atoms with E-state index in [-0.39, 0.29) is 29.7 Å². The fourth-order valence-corrected chi connectivity index (χ4v) is 2.49. The summed E-state index contributed by atoms with van der Waals surface area (Å²) in [5.41, 5.74) is 0.000245. The first-order valence-electron chi connectivity index (χ1n) is 8.20. The van der Waals surface area contributed by atoms with E-state index in [9.17, 15) is 9.59 Å². The molecule has 1 aliphatic carbocycles. The fraction of sp³-hybridized carbons (Fsp3) is 0.389. The maximum Gasteiger partial charge on any atom is 0.271 e. The van der Waals surface area contributed by atoms with Crippen LogP contribution in [-0.2, 0) is 6.54 Å². The number of ether oxygens (including phenoxy) is 1. The summed E-state index contributed by atoms with van der Waals surface area (Å²) in [7, 11) is 0. The summed E-state index contributed by atoms with van der Waals surface area (Å²) >= 11 is 0. The maximum atomic E-state index is 12.2. The molecule has 126 valence electrons. The third kappa shape index (κ3) is 4.22. The second-order valence-corrected chi connectivity index (χ2v) is 6.04. The summed E-state index contributed by atoms with van der Waals surface area (Å²) in [6.45, 7) is 2.59. The van der Waals surface area contributed by atoms with Gasteiger partial charge in [-0.3, -0.25) is 9.59 Å². The van der Waals surface area contributed by atoms with Gasteiger partial charge in [0.15, 0.2) is 0 Å². The molecule has 0 spiro atoms. The molecule has 1 fully saturated rings. The number of nitrogens with zero attached hydrogens (tertiary/aromatic N) is 2. The van der Waals surface area contributed by atoms with E-state index in [2.05, 4.69) is 10.4 Å². The Balaban J connectivity index is 1.60. The number of carbonyl (C=O) groups is 1.